The third kappa shape index (κ3) is 1.01. The smallest absolute Gasteiger partial charge is 0.0925 e. The summed E-state index contributed by atoms with van der Waals surface area (Å²) in [6.45, 7) is 4.24. The Kier molecular flexibility index (Phi) is 1.54. The van der Waals surface area contributed by atoms with Crippen LogP contribution in [0.2, 0.25) is 0 Å². The van der Waals surface area contributed by atoms with Crippen LogP contribution in [0.5, 0.6) is 0 Å². The summed E-state index contributed by atoms with van der Waals surface area (Å²) in [7, 11) is 0. The van der Waals surface area contributed by atoms with Gasteiger partial charge in [0.2, 0.25) is 0 Å². The van der Waals surface area contributed by atoms with Crippen LogP contribution in [-0.2, 0) is 0 Å². The summed E-state index contributed by atoms with van der Waals surface area (Å²) in [6, 6.07) is 0. The van der Waals surface area contributed by atoms with Gasteiger partial charge in [-0.25, -0.2) is 0 Å². The van der Waals surface area contributed by atoms with E-state index < -0.39 is 0 Å². The molecular formula is C7H13F. The lowest BCUT2D eigenvalue weighted by atomic mass is 10.1. The molecule has 0 radical (unpaired) electrons. The topological polar surface area (TPSA) is 0 Å². The first-order valence-corrected chi connectivity index (χ1v) is 3.31. The molecule has 8 heavy (non-hydrogen) atoms. The fraction of sp³-hybridized carbons (Fsp3) is 1.00. The Morgan fingerprint density at radius 3 is 2.38 bits per heavy atom. The molecule has 0 N–H and O–H groups in total. The van der Waals surface area contributed by atoms with Gasteiger partial charge in [0, 0.05) is 0 Å². The predicted octanol–water partition coefficient (Wildman–Crippen LogP) is 2.25. The molecular weight excluding hydrogens is 103 g/mol. The molecule has 1 fully saturated rings. The fourth-order valence-corrected chi connectivity index (χ4v) is 1.26. The van der Waals surface area contributed by atoms with Gasteiger partial charge in [-0.15, -0.1) is 0 Å². The first-order valence-electron chi connectivity index (χ1n) is 3.31. The number of alkyl halides is 1. The molecule has 1 aliphatic rings. The van der Waals surface area contributed by atoms with E-state index in [-0.39, 0.29) is 6.67 Å². The lowest BCUT2D eigenvalue weighted by molar-refractivity contribution is 0.410. The van der Waals surface area contributed by atoms with E-state index in [1.54, 1.807) is 0 Å². The summed E-state index contributed by atoms with van der Waals surface area (Å²) in [5.74, 6) is 1.84. The molecule has 2 atom stereocenters. The van der Waals surface area contributed by atoms with Gasteiger partial charge in [-0.05, 0) is 24.2 Å². The number of hydrogen-bond donors (Lipinski definition) is 0. The molecule has 0 aromatic carbocycles. The van der Waals surface area contributed by atoms with Crippen LogP contribution < -0.4 is 0 Å². The number of rotatable bonds is 2. The maximum absolute atomic E-state index is 11.8. The molecule has 0 unspecified atom stereocenters. The second kappa shape index (κ2) is 2.04. The van der Waals surface area contributed by atoms with Crippen LogP contribution in [0.3, 0.4) is 0 Å². The Labute approximate surface area is 50.1 Å². The highest BCUT2D eigenvalue weighted by Gasteiger charge is 2.38. The Morgan fingerprint density at radius 1 is 1.62 bits per heavy atom. The van der Waals surface area contributed by atoms with E-state index in [0.29, 0.717) is 17.8 Å². The molecule has 0 aromatic heterocycles. The SMILES string of the molecule is CC(C)[C@H]1C[C@H]1CF. The maximum atomic E-state index is 11.8. The van der Waals surface area contributed by atoms with Crippen molar-refractivity contribution in [3.8, 4) is 0 Å². The molecule has 1 rings (SSSR count). The average Bonchev–Trinajstić information content (AvgIpc) is 2.42. The monoisotopic (exact) mass is 116 g/mol. The Hall–Kier alpha value is -0.0700. The summed E-state index contributed by atoms with van der Waals surface area (Å²) in [4.78, 5) is 0. The second-order valence-electron chi connectivity index (χ2n) is 3.06. The van der Waals surface area contributed by atoms with Gasteiger partial charge in [0.05, 0.1) is 6.67 Å². The van der Waals surface area contributed by atoms with Gasteiger partial charge in [-0.1, -0.05) is 13.8 Å². The molecule has 1 heteroatoms. The van der Waals surface area contributed by atoms with Gasteiger partial charge in [0.25, 0.3) is 0 Å². The third-order valence-corrected chi connectivity index (χ3v) is 2.03. The zero-order valence-corrected chi connectivity index (χ0v) is 5.52. The third-order valence-electron chi connectivity index (χ3n) is 2.03. The highest BCUT2D eigenvalue weighted by atomic mass is 19.1. The standard InChI is InChI=1S/C7H13F/c1-5(2)7-3-6(7)4-8/h5-7H,3-4H2,1-2H3/t6-,7+/m0/s1. The van der Waals surface area contributed by atoms with E-state index in [2.05, 4.69) is 13.8 Å². The van der Waals surface area contributed by atoms with Crippen LogP contribution in [0.25, 0.3) is 0 Å². The minimum Gasteiger partial charge on any atom is -0.251 e. The zero-order chi connectivity index (χ0) is 6.15. The van der Waals surface area contributed by atoms with Gasteiger partial charge >= 0.3 is 0 Å². The molecule has 0 saturated heterocycles. The second-order valence-corrected chi connectivity index (χ2v) is 3.06. The molecule has 0 spiro atoms. The molecule has 0 bridgehead atoms. The normalized spacial score (nSPS) is 36.0. The van der Waals surface area contributed by atoms with E-state index >= 15 is 0 Å². The van der Waals surface area contributed by atoms with E-state index in [1.165, 1.54) is 0 Å². The quantitative estimate of drug-likeness (QED) is 0.519. The van der Waals surface area contributed by atoms with Crippen LogP contribution in [0.4, 0.5) is 4.39 Å². The van der Waals surface area contributed by atoms with Gasteiger partial charge < -0.3 is 0 Å². The number of halogens is 1. The van der Waals surface area contributed by atoms with Crippen LogP contribution >= 0.6 is 0 Å². The minimum absolute atomic E-state index is 0.0944. The molecule has 0 nitrogen and oxygen atoms in total. The van der Waals surface area contributed by atoms with Crippen molar-refractivity contribution in [2.24, 2.45) is 17.8 Å². The fourth-order valence-electron chi connectivity index (χ4n) is 1.26. The van der Waals surface area contributed by atoms with E-state index in [9.17, 15) is 4.39 Å². The summed E-state index contributed by atoms with van der Waals surface area (Å²) in [5, 5.41) is 0. The maximum Gasteiger partial charge on any atom is 0.0925 e. The van der Waals surface area contributed by atoms with Crippen LogP contribution in [0.15, 0.2) is 0 Å². The Bertz CT molecular complexity index is 78.5. The van der Waals surface area contributed by atoms with Gasteiger partial charge in [-0.2, -0.15) is 0 Å². The summed E-state index contributed by atoms with van der Waals surface area (Å²) >= 11 is 0. The van der Waals surface area contributed by atoms with Crippen molar-refractivity contribution in [1.29, 1.82) is 0 Å². The van der Waals surface area contributed by atoms with Crippen LogP contribution in [-0.4, -0.2) is 6.67 Å². The molecule has 1 saturated carbocycles. The highest BCUT2D eigenvalue weighted by molar-refractivity contribution is 4.87. The van der Waals surface area contributed by atoms with E-state index in [4.69, 9.17) is 0 Å². The van der Waals surface area contributed by atoms with Gasteiger partial charge in [0.1, 0.15) is 0 Å². The van der Waals surface area contributed by atoms with Gasteiger partial charge in [0.15, 0.2) is 0 Å². The first kappa shape index (κ1) is 6.06. The van der Waals surface area contributed by atoms with Crippen molar-refractivity contribution in [3.63, 3.8) is 0 Å². The Morgan fingerprint density at radius 2 is 2.25 bits per heavy atom. The lowest BCUT2D eigenvalue weighted by Gasteiger charge is -1.98. The largest absolute Gasteiger partial charge is 0.251 e. The Balaban J connectivity index is 2.16. The zero-order valence-electron chi connectivity index (χ0n) is 5.52. The first-order chi connectivity index (χ1) is 3.75. The summed E-state index contributed by atoms with van der Waals surface area (Å²) in [6.07, 6.45) is 1.13. The minimum atomic E-state index is -0.0944. The highest BCUT2D eigenvalue weighted by Crippen LogP contribution is 2.43. The van der Waals surface area contributed by atoms with E-state index in [1.807, 2.05) is 0 Å². The van der Waals surface area contributed by atoms with Crippen molar-refractivity contribution < 1.29 is 4.39 Å². The van der Waals surface area contributed by atoms with Crippen molar-refractivity contribution in [2.75, 3.05) is 6.67 Å². The predicted molar refractivity (Wildman–Crippen MR) is 32.4 cm³/mol. The average molecular weight is 116 g/mol. The lowest BCUT2D eigenvalue weighted by Crippen LogP contribution is -1.92. The van der Waals surface area contributed by atoms with Crippen LogP contribution in [0.1, 0.15) is 20.3 Å². The summed E-state index contributed by atoms with van der Waals surface area (Å²) < 4.78 is 11.8. The van der Waals surface area contributed by atoms with Crippen LogP contribution in [0, 0.1) is 17.8 Å². The van der Waals surface area contributed by atoms with Crippen molar-refractivity contribution in [2.45, 2.75) is 20.3 Å². The molecule has 0 aromatic rings. The summed E-state index contributed by atoms with van der Waals surface area (Å²) in [5.41, 5.74) is 0. The number of hydrogen-bond acceptors (Lipinski definition) is 0. The van der Waals surface area contributed by atoms with Gasteiger partial charge in [-0.3, -0.25) is 4.39 Å². The molecule has 0 amide bonds. The molecule has 1 aliphatic carbocycles. The molecule has 0 aliphatic heterocycles. The van der Waals surface area contributed by atoms with Crippen molar-refractivity contribution >= 4 is 0 Å². The van der Waals surface area contributed by atoms with Crippen molar-refractivity contribution in [1.82, 2.24) is 0 Å². The molecule has 48 valence electrons. The van der Waals surface area contributed by atoms with Crippen molar-refractivity contribution in [3.05, 3.63) is 0 Å². The van der Waals surface area contributed by atoms with E-state index in [0.717, 1.165) is 6.42 Å². The molecule has 0 heterocycles.